The van der Waals surface area contributed by atoms with Gasteiger partial charge >= 0.3 is 0 Å². The summed E-state index contributed by atoms with van der Waals surface area (Å²) in [7, 11) is 0. The predicted octanol–water partition coefficient (Wildman–Crippen LogP) is 1.49. The maximum atomic E-state index is 4.33. The first-order valence-electron chi connectivity index (χ1n) is 6.76. The number of piperazine rings is 1. The first kappa shape index (κ1) is 12.2. The molecule has 18 heavy (non-hydrogen) atoms. The van der Waals surface area contributed by atoms with Crippen molar-refractivity contribution in [3.8, 4) is 0 Å². The molecule has 0 aromatic carbocycles. The minimum absolute atomic E-state index is 0.832. The highest BCUT2D eigenvalue weighted by Gasteiger charge is 2.25. The maximum Gasteiger partial charge on any atom is 0.131 e. The van der Waals surface area contributed by atoms with Gasteiger partial charge in [-0.3, -0.25) is 4.90 Å². The average molecular weight is 264 g/mol. The summed E-state index contributed by atoms with van der Waals surface area (Å²) in [6.07, 6.45) is 6.21. The van der Waals surface area contributed by atoms with Gasteiger partial charge in [0.2, 0.25) is 0 Å². The summed E-state index contributed by atoms with van der Waals surface area (Å²) in [4.78, 5) is 13.4. The Morgan fingerprint density at radius 1 is 1.11 bits per heavy atom. The van der Waals surface area contributed by atoms with Crippen molar-refractivity contribution in [3.63, 3.8) is 0 Å². The lowest BCUT2D eigenvalue weighted by molar-refractivity contribution is 0.175. The Bertz CT molecular complexity index is 359. The molecule has 3 heterocycles. The van der Waals surface area contributed by atoms with Crippen molar-refractivity contribution < 1.29 is 0 Å². The van der Waals surface area contributed by atoms with Crippen LogP contribution in [-0.2, 0) is 0 Å². The molecule has 0 unspecified atom stereocenters. The molecule has 2 aliphatic rings. The molecule has 0 saturated carbocycles. The summed E-state index contributed by atoms with van der Waals surface area (Å²) in [5.74, 6) is 3.76. The Morgan fingerprint density at radius 3 is 2.56 bits per heavy atom. The summed E-state index contributed by atoms with van der Waals surface area (Å²) in [5, 5.41) is 0. The Kier molecular flexibility index (Phi) is 4.00. The predicted molar refractivity (Wildman–Crippen MR) is 76.2 cm³/mol. The van der Waals surface area contributed by atoms with Gasteiger partial charge in [0, 0.05) is 38.4 Å². The maximum absolute atomic E-state index is 4.33. The highest BCUT2D eigenvalue weighted by Crippen LogP contribution is 2.23. The Morgan fingerprint density at radius 2 is 1.89 bits per heavy atom. The molecule has 5 heteroatoms. The quantitative estimate of drug-likeness (QED) is 0.808. The molecule has 0 spiro atoms. The van der Waals surface area contributed by atoms with Gasteiger partial charge in [0.15, 0.2) is 0 Å². The van der Waals surface area contributed by atoms with Crippen LogP contribution in [0.5, 0.6) is 0 Å². The van der Waals surface area contributed by atoms with Crippen LogP contribution in [0.15, 0.2) is 18.6 Å². The van der Waals surface area contributed by atoms with Crippen molar-refractivity contribution in [3.05, 3.63) is 18.6 Å². The van der Waals surface area contributed by atoms with Gasteiger partial charge in [-0.05, 0) is 30.4 Å². The van der Waals surface area contributed by atoms with Crippen LogP contribution in [0.3, 0.4) is 0 Å². The van der Waals surface area contributed by atoms with E-state index >= 15 is 0 Å². The van der Waals surface area contributed by atoms with E-state index in [4.69, 9.17) is 0 Å². The summed E-state index contributed by atoms with van der Waals surface area (Å²) in [6, 6.07) is 2.84. The van der Waals surface area contributed by atoms with Gasteiger partial charge in [-0.1, -0.05) is 0 Å². The van der Waals surface area contributed by atoms with Crippen molar-refractivity contribution in [2.24, 2.45) is 0 Å². The van der Waals surface area contributed by atoms with Crippen LogP contribution < -0.4 is 4.90 Å². The van der Waals surface area contributed by atoms with Crippen molar-refractivity contribution in [1.29, 1.82) is 0 Å². The fourth-order valence-electron chi connectivity index (χ4n) is 2.84. The molecule has 0 amide bonds. The van der Waals surface area contributed by atoms with E-state index in [-0.39, 0.29) is 0 Å². The Hall–Kier alpha value is -0.810. The lowest BCUT2D eigenvalue weighted by atomic mass is 10.1. The topological polar surface area (TPSA) is 32.3 Å². The number of thioether (sulfide) groups is 1. The van der Waals surface area contributed by atoms with Crippen LogP contribution in [0.25, 0.3) is 0 Å². The molecular weight excluding hydrogens is 244 g/mol. The second-order valence-electron chi connectivity index (χ2n) is 4.93. The van der Waals surface area contributed by atoms with Crippen LogP contribution >= 0.6 is 11.8 Å². The van der Waals surface area contributed by atoms with Gasteiger partial charge in [0.1, 0.15) is 12.1 Å². The third-order valence-electron chi connectivity index (χ3n) is 3.91. The average Bonchev–Trinajstić information content (AvgIpc) is 2.49. The minimum Gasteiger partial charge on any atom is -0.354 e. The number of hydrogen-bond acceptors (Lipinski definition) is 5. The number of anilines is 1. The number of aromatic nitrogens is 2. The highest BCUT2D eigenvalue weighted by atomic mass is 32.2. The zero-order chi connectivity index (χ0) is 12.2. The molecule has 0 radical (unpaired) electrons. The van der Waals surface area contributed by atoms with Crippen molar-refractivity contribution in [2.75, 3.05) is 42.6 Å². The van der Waals surface area contributed by atoms with E-state index in [0.29, 0.717) is 0 Å². The van der Waals surface area contributed by atoms with E-state index in [1.54, 1.807) is 6.33 Å². The second kappa shape index (κ2) is 5.89. The van der Waals surface area contributed by atoms with Crippen LogP contribution in [0.2, 0.25) is 0 Å². The van der Waals surface area contributed by atoms with Crippen molar-refractivity contribution in [2.45, 2.75) is 18.9 Å². The van der Waals surface area contributed by atoms with Gasteiger partial charge in [0.25, 0.3) is 0 Å². The molecule has 2 fully saturated rings. The van der Waals surface area contributed by atoms with Crippen LogP contribution in [0, 0.1) is 0 Å². The monoisotopic (exact) mass is 264 g/mol. The number of nitrogens with zero attached hydrogens (tertiary/aromatic N) is 4. The van der Waals surface area contributed by atoms with Gasteiger partial charge < -0.3 is 4.90 Å². The zero-order valence-electron chi connectivity index (χ0n) is 10.7. The van der Waals surface area contributed by atoms with Crippen LogP contribution in [-0.4, -0.2) is 58.6 Å². The molecule has 2 aliphatic heterocycles. The minimum atomic E-state index is 0.832. The highest BCUT2D eigenvalue weighted by molar-refractivity contribution is 7.99. The van der Waals surface area contributed by atoms with Gasteiger partial charge in [0.05, 0.1) is 0 Å². The second-order valence-corrected chi connectivity index (χ2v) is 6.16. The first-order chi connectivity index (χ1) is 8.93. The SMILES string of the molecule is c1cc(N2CCN(C3CCSCC3)CC2)ncn1. The largest absolute Gasteiger partial charge is 0.354 e. The van der Waals surface area contributed by atoms with E-state index in [2.05, 4.69) is 31.5 Å². The summed E-state index contributed by atoms with van der Waals surface area (Å²) in [5.41, 5.74) is 0. The number of hydrogen-bond donors (Lipinski definition) is 0. The lowest BCUT2D eigenvalue weighted by Gasteiger charge is -2.41. The van der Waals surface area contributed by atoms with E-state index in [9.17, 15) is 0 Å². The number of rotatable bonds is 2. The summed E-state index contributed by atoms with van der Waals surface area (Å²) < 4.78 is 0. The van der Waals surface area contributed by atoms with Gasteiger partial charge in [-0.2, -0.15) is 11.8 Å². The lowest BCUT2D eigenvalue weighted by Crippen LogP contribution is -2.51. The van der Waals surface area contributed by atoms with Gasteiger partial charge in [-0.25, -0.2) is 9.97 Å². The van der Waals surface area contributed by atoms with E-state index in [1.165, 1.54) is 37.4 Å². The smallest absolute Gasteiger partial charge is 0.131 e. The molecule has 1 aromatic heterocycles. The van der Waals surface area contributed by atoms with Gasteiger partial charge in [-0.15, -0.1) is 0 Å². The molecule has 4 nitrogen and oxygen atoms in total. The Balaban J connectivity index is 1.54. The van der Waals surface area contributed by atoms with Crippen LogP contribution in [0.4, 0.5) is 5.82 Å². The third kappa shape index (κ3) is 2.78. The molecule has 0 bridgehead atoms. The molecule has 3 rings (SSSR count). The molecule has 98 valence electrons. The molecule has 0 atom stereocenters. The normalized spacial score (nSPS) is 23.2. The van der Waals surface area contributed by atoms with E-state index in [0.717, 1.165) is 24.9 Å². The van der Waals surface area contributed by atoms with Crippen molar-refractivity contribution in [1.82, 2.24) is 14.9 Å². The summed E-state index contributed by atoms with van der Waals surface area (Å²) >= 11 is 2.11. The molecule has 1 aromatic rings. The molecule has 0 aliphatic carbocycles. The van der Waals surface area contributed by atoms with Crippen LogP contribution in [0.1, 0.15) is 12.8 Å². The summed E-state index contributed by atoms with van der Waals surface area (Å²) in [6.45, 7) is 4.56. The third-order valence-corrected chi connectivity index (χ3v) is 4.96. The Labute approximate surface area is 113 Å². The first-order valence-corrected chi connectivity index (χ1v) is 7.92. The molecule has 0 N–H and O–H groups in total. The molecule has 2 saturated heterocycles. The fraction of sp³-hybridized carbons (Fsp3) is 0.692. The fourth-order valence-corrected chi connectivity index (χ4v) is 3.92. The van der Waals surface area contributed by atoms with Crippen molar-refractivity contribution >= 4 is 17.6 Å². The zero-order valence-corrected chi connectivity index (χ0v) is 11.5. The van der Waals surface area contributed by atoms with E-state index in [1.807, 2.05) is 12.3 Å². The molecular formula is C13H20N4S. The van der Waals surface area contributed by atoms with E-state index < -0.39 is 0 Å². The standard InChI is InChI=1S/C13H20N4S/c1-4-14-11-15-13(1)17-7-5-16(6-8-17)12-2-9-18-10-3-12/h1,4,11-12H,2-3,5-10H2.